The van der Waals surface area contributed by atoms with Crippen molar-refractivity contribution >= 4 is 26.0 Å². The number of hydrogen-bond acceptors (Lipinski definition) is 3. The van der Waals surface area contributed by atoms with Gasteiger partial charge in [-0.25, -0.2) is 8.42 Å². The molecule has 1 aromatic rings. The molecule has 0 aliphatic carbocycles. The van der Waals surface area contributed by atoms with Crippen molar-refractivity contribution in [2.75, 3.05) is 13.1 Å². The Kier molecular flexibility index (Phi) is 4.89. The molecule has 4 nitrogen and oxygen atoms in total. The van der Waals surface area contributed by atoms with Crippen molar-refractivity contribution in [2.24, 2.45) is 17.6 Å². The van der Waals surface area contributed by atoms with E-state index in [1.807, 2.05) is 6.07 Å². The molecular formula is C14H21BrN2O2S. The molecule has 0 spiro atoms. The van der Waals surface area contributed by atoms with E-state index >= 15 is 0 Å². The first-order valence-corrected chi connectivity index (χ1v) is 9.06. The Balaban J connectivity index is 2.39. The number of hydrogen-bond donors (Lipinski definition) is 1. The van der Waals surface area contributed by atoms with Crippen LogP contribution in [0.2, 0.25) is 0 Å². The second-order valence-electron chi connectivity index (χ2n) is 5.74. The molecule has 6 heteroatoms. The van der Waals surface area contributed by atoms with Crippen LogP contribution in [-0.4, -0.2) is 25.8 Å². The smallest absolute Gasteiger partial charge is 0.244 e. The minimum absolute atomic E-state index is 0.321. The van der Waals surface area contributed by atoms with E-state index in [4.69, 9.17) is 5.73 Å². The highest BCUT2D eigenvalue weighted by molar-refractivity contribution is 9.10. The van der Waals surface area contributed by atoms with Gasteiger partial charge in [0.15, 0.2) is 0 Å². The number of nitrogens with zero attached hydrogens (tertiary/aromatic N) is 1. The molecule has 112 valence electrons. The summed E-state index contributed by atoms with van der Waals surface area (Å²) in [5.74, 6) is 0.787. The largest absolute Gasteiger partial charge is 0.326 e. The second-order valence-corrected chi connectivity index (χ2v) is 8.50. The SMILES string of the molecule is CC1CC(C)CN(S(=O)(=O)c2cc(CN)ccc2Br)C1. The number of halogens is 1. The Morgan fingerprint density at radius 1 is 1.30 bits per heavy atom. The van der Waals surface area contributed by atoms with Gasteiger partial charge in [0, 0.05) is 24.1 Å². The number of rotatable bonds is 3. The molecule has 1 aliphatic heterocycles. The average Bonchev–Trinajstić information content (AvgIpc) is 2.38. The molecule has 2 rings (SSSR count). The molecule has 0 aromatic heterocycles. The lowest BCUT2D eigenvalue weighted by atomic mass is 9.94. The molecule has 1 aromatic carbocycles. The van der Waals surface area contributed by atoms with E-state index in [9.17, 15) is 8.42 Å². The van der Waals surface area contributed by atoms with Gasteiger partial charge in [0.05, 0.1) is 4.90 Å². The summed E-state index contributed by atoms with van der Waals surface area (Å²) in [6.45, 7) is 5.72. The molecule has 2 N–H and O–H groups in total. The van der Waals surface area contributed by atoms with Crippen molar-refractivity contribution in [3.63, 3.8) is 0 Å². The third-order valence-electron chi connectivity index (χ3n) is 3.68. The van der Waals surface area contributed by atoms with Crippen LogP contribution < -0.4 is 5.73 Å². The van der Waals surface area contributed by atoms with Crippen molar-refractivity contribution < 1.29 is 8.42 Å². The normalized spacial score (nSPS) is 24.8. The van der Waals surface area contributed by atoms with E-state index in [0.717, 1.165) is 12.0 Å². The van der Waals surface area contributed by atoms with Crippen LogP contribution in [0, 0.1) is 11.8 Å². The van der Waals surface area contributed by atoms with Crippen LogP contribution in [0.3, 0.4) is 0 Å². The van der Waals surface area contributed by atoms with Crippen LogP contribution >= 0.6 is 15.9 Å². The van der Waals surface area contributed by atoms with E-state index < -0.39 is 10.0 Å². The van der Waals surface area contributed by atoms with Gasteiger partial charge in [-0.15, -0.1) is 0 Å². The summed E-state index contributed by atoms with van der Waals surface area (Å²) in [4.78, 5) is 0.321. The lowest BCUT2D eigenvalue weighted by Gasteiger charge is -2.34. The van der Waals surface area contributed by atoms with Gasteiger partial charge in [-0.05, 0) is 51.9 Å². The fourth-order valence-corrected chi connectivity index (χ4v) is 5.47. The first-order valence-electron chi connectivity index (χ1n) is 6.83. The van der Waals surface area contributed by atoms with Crippen molar-refractivity contribution in [1.82, 2.24) is 4.31 Å². The maximum Gasteiger partial charge on any atom is 0.244 e. The summed E-state index contributed by atoms with van der Waals surface area (Å²) >= 11 is 3.35. The Morgan fingerprint density at radius 3 is 2.45 bits per heavy atom. The topological polar surface area (TPSA) is 63.4 Å². The van der Waals surface area contributed by atoms with Crippen LogP contribution in [-0.2, 0) is 16.6 Å². The molecule has 20 heavy (non-hydrogen) atoms. The number of benzene rings is 1. The lowest BCUT2D eigenvalue weighted by Crippen LogP contribution is -2.42. The molecule has 0 saturated carbocycles. The van der Waals surface area contributed by atoms with Crippen molar-refractivity contribution in [3.8, 4) is 0 Å². The van der Waals surface area contributed by atoms with Gasteiger partial charge in [-0.3, -0.25) is 0 Å². The maximum atomic E-state index is 12.8. The molecule has 0 radical (unpaired) electrons. The highest BCUT2D eigenvalue weighted by Crippen LogP contribution is 2.30. The first kappa shape index (κ1) is 15.9. The number of nitrogens with two attached hydrogens (primary N) is 1. The van der Waals surface area contributed by atoms with E-state index in [1.54, 1.807) is 16.4 Å². The van der Waals surface area contributed by atoms with Crippen molar-refractivity contribution in [2.45, 2.75) is 31.7 Å². The zero-order valence-electron chi connectivity index (χ0n) is 11.8. The zero-order valence-corrected chi connectivity index (χ0v) is 14.2. The summed E-state index contributed by atoms with van der Waals surface area (Å²) in [6, 6.07) is 5.26. The van der Waals surface area contributed by atoms with Gasteiger partial charge in [0.2, 0.25) is 10.0 Å². The van der Waals surface area contributed by atoms with Crippen LogP contribution in [0.1, 0.15) is 25.8 Å². The Bertz CT molecular complexity index is 579. The highest BCUT2D eigenvalue weighted by Gasteiger charge is 2.32. The zero-order chi connectivity index (χ0) is 14.9. The minimum Gasteiger partial charge on any atom is -0.326 e. The van der Waals surface area contributed by atoms with E-state index in [2.05, 4.69) is 29.8 Å². The van der Waals surface area contributed by atoms with Gasteiger partial charge < -0.3 is 5.73 Å². The predicted molar refractivity (Wildman–Crippen MR) is 83.7 cm³/mol. The van der Waals surface area contributed by atoms with Gasteiger partial charge in [-0.2, -0.15) is 4.31 Å². The standard InChI is InChI=1S/C14H21BrN2O2S/c1-10-5-11(2)9-17(8-10)20(18,19)14-6-12(7-16)3-4-13(14)15/h3-4,6,10-11H,5,7-9,16H2,1-2H3. The molecule has 1 heterocycles. The Labute approximate surface area is 129 Å². The summed E-state index contributed by atoms with van der Waals surface area (Å²) in [5.41, 5.74) is 6.43. The fourth-order valence-electron chi connectivity index (χ4n) is 2.81. The first-order chi connectivity index (χ1) is 9.34. The van der Waals surface area contributed by atoms with Crippen LogP contribution in [0.4, 0.5) is 0 Å². The van der Waals surface area contributed by atoms with Gasteiger partial charge in [0.25, 0.3) is 0 Å². The van der Waals surface area contributed by atoms with Crippen molar-refractivity contribution in [3.05, 3.63) is 28.2 Å². The van der Waals surface area contributed by atoms with E-state index in [1.165, 1.54) is 0 Å². The molecule has 2 atom stereocenters. The monoisotopic (exact) mass is 360 g/mol. The third kappa shape index (κ3) is 3.24. The summed E-state index contributed by atoms with van der Waals surface area (Å²) in [6.07, 6.45) is 1.08. The summed E-state index contributed by atoms with van der Waals surface area (Å²) < 4.78 is 27.8. The molecular weight excluding hydrogens is 340 g/mol. The molecule has 1 fully saturated rings. The summed E-state index contributed by atoms with van der Waals surface area (Å²) in [5, 5.41) is 0. The predicted octanol–water partition coefficient (Wildman–Crippen LogP) is 2.57. The molecule has 1 saturated heterocycles. The molecule has 0 amide bonds. The Morgan fingerprint density at radius 2 is 1.90 bits per heavy atom. The lowest BCUT2D eigenvalue weighted by molar-refractivity contribution is 0.222. The molecule has 1 aliphatic rings. The number of sulfonamides is 1. The highest BCUT2D eigenvalue weighted by atomic mass is 79.9. The second kappa shape index (κ2) is 6.13. The van der Waals surface area contributed by atoms with Gasteiger partial charge in [-0.1, -0.05) is 19.9 Å². The third-order valence-corrected chi connectivity index (χ3v) is 6.51. The number of piperidine rings is 1. The summed E-state index contributed by atoms with van der Waals surface area (Å²) in [7, 11) is -3.46. The van der Waals surface area contributed by atoms with E-state index in [0.29, 0.717) is 40.8 Å². The van der Waals surface area contributed by atoms with Crippen molar-refractivity contribution in [1.29, 1.82) is 0 Å². The quantitative estimate of drug-likeness (QED) is 0.900. The average molecular weight is 361 g/mol. The fraction of sp³-hybridized carbons (Fsp3) is 0.571. The van der Waals surface area contributed by atoms with Crippen LogP contribution in [0.5, 0.6) is 0 Å². The maximum absolute atomic E-state index is 12.8. The van der Waals surface area contributed by atoms with Gasteiger partial charge >= 0.3 is 0 Å². The molecule has 0 bridgehead atoms. The minimum atomic E-state index is -3.46. The molecule has 2 unspecified atom stereocenters. The van der Waals surface area contributed by atoms with Crippen LogP contribution in [0.15, 0.2) is 27.6 Å². The van der Waals surface area contributed by atoms with E-state index in [-0.39, 0.29) is 0 Å². The van der Waals surface area contributed by atoms with Crippen LogP contribution in [0.25, 0.3) is 0 Å². The Hall–Kier alpha value is -0.430. The van der Waals surface area contributed by atoms with Gasteiger partial charge in [0.1, 0.15) is 0 Å².